The van der Waals surface area contributed by atoms with Gasteiger partial charge in [0.05, 0.1) is 11.1 Å². The Morgan fingerprint density at radius 1 is 1.19 bits per heavy atom. The number of likely N-dealkylation sites (N-methyl/N-ethyl adjacent to an activating group) is 1. The minimum atomic E-state index is -2.72. The van der Waals surface area contributed by atoms with Crippen LogP contribution in [0.3, 0.4) is 0 Å². The lowest BCUT2D eigenvalue weighted by Gasteiger charge is -2.55. The summed E-state index contributed by atoms with van der Waals surface area (Å²) in [6.07, 6.45) is 1.61. The zero-order valence-corrected chi connectivity index (χ0v) is 20.6. The number of fused-ring (bicyclic) bond motifs is 5. The first kappa shape index (κ1) is 24.0. The fourth-order valence-electron chi connectivity index (χ4n) is 6.24. The molecule has 1 heterocycles. The van der Waals surface area contributed by atoms with Gasteiger partial charge in [0, 0.05) is 31.3 Å². The zero-order chi connectivity index (χ0) is 26.5. The molecule has 0 radical (unpaired) electrons. The van der Waals surface area contributed by atoms with Crippen LogP contribution in [0.4, 0.5) is 5.69 Å². The maximum absolute atomic E-state index is 14.0. The Labute approximate surface area is 206 Å². The highest BCUT2D eigenvalue weighted by Gasteiger charge is 2.68. The number of anilines is 1. The van der Waals surface area contributed by atoms with Crippen molar-refractivity contribution in [2.75, 3.05) is 33.1 Å². The van der Waals surface area contributed by atoms with Gasteiger partial charge in [-0.3, -0.25) is 19.3 Å². The molecule has 1 saturated carbocycles. The summed E-state index contributed by atoms with van der Waals surface area (Å²) < 4.78 is 5.54. The van der Waals surface area contributed by atoms with Gasteiger partial charge in [0.1, 0.15) is 22.6 Å². The van der Waals surface area contributed by atoms with Crippen LogP contribution in [0.2, 0.25) is 0 Å². The molecule has 11 nitrogen and oxygen atoms in total. The van der Waals surface area contributed by atoms with E-state index in [0.717, 1.165) is 11.3 Å². The van der Waals surface area contributed by atoms with Gasteiger partial charge in [-0.15, -0.1) is 0 Å². The average Bonchev–Trinajstić information content (AvgIpc) is 3.27. The van der Waals surface area contributed by atoms with Gasteiger partial charge in [-0.2, -0.15) is 0 Å². The molecule has 5 N–H and O–H groups in total. The number of aliphatic hydroxyl groups is 3. The van der Waals surface area contributed by atoms with Gasteiger partial charge >= 0.3 is 0 Å². The van der Waals surface area contributed by atoms with Crippen molar-refractivity contribution < 1.29 is 34.1 Å². The molecule has 3 aliphatic carbocycles. The van der Waals surface area contributed by atoms with Crippen molar-refractivity contribution >= 4 is 40.0 Å². The Balaban J connectivity index is 1.80. The van der Waals surface area contributed by atoms with Crippen LogP contribution in [-0.4, -0.2) is 82.0 Å². The van der Waals surface area contributed by atoms with E-state index >= 15 is 0 Å². The van der Waals surface area contributed by atoms with Crippen LogP contribution in [0.5, 0.6) is 0 Å². The number of rotatable bonds is 3. The first-order valence-corrected chi connectivity index (χ1v) is 11.5. The second kappa shape index (κ2) is 7.40. The van der Waals surface area contributed by atoms with E-state index in [-0.39, 0.29) is 23.1 Å². The molecule has 4 atom stereocenters. The number of ketones is 2. The Morgan fingerprint density at radius 2 is 1.86 bits per heavy atom. The molecule has 5 rings (SSSR count). The van der Waals surface area contributed by atoms with Gasteiger partial charge in [0.25, 0.3) is 5.91 Å². The first-order valence-electron chi connectivity index (χ1n) is 11.5. The van der Waals surface area contributed by atoms with Crippen molar-refractivity contribution in [2.45, 2.75) is 30.9 Å². The van der Waals surface area contributed by atoms with E-state index in [0.29, 0.717) is 11.9 Å². The standard InChI is InChI=1S/C25H28N4O7/c1-24(29(4)5)14-7-10-6-11-13(28(2)3)8-12-19(36-9-27-12)16(11)18(30)15(10)21(32)25(14,35)22(33)17(20(24)31)23(26)34/h8-10,14,30-31,35H,6-7H2,1-5H3,(H2,26,34)/t10-,14-,24?,25-/m0/s1. The number of Topliss-reactive ketones (excluding diaryl/α,β-unsaturated/α-hetero) is 2. The van der Waals surface area contributed by atoms with Gasteiger partial charge in [-0.05, 0) is 51.4 Å². The molecule has 1 aromatic heterocycles. The summed E-state index contributed by atoms with van der Waals surface area (Å²) in [7, 11) is 6.91. The zero-order valence-electron chi connectivity index (χ0n) is 20.6. The minimum absolute atomic E-state index is 0.0684. The van der Waals surface area contributed by atoms with Crippen LogP contribution in [0.1, 0.15) is 24.5 Å². The van der Waals surface area contributed by atoms with E-state index < -0.39 is 57.5 Å². The lowest BCUT2D eigenvalue weighted by atomic mass is 9.53. The summed E-state index contributed by atoms with van der Waals surface area (Å²) in [6.45, 7) is 1.55. The van der Waals surface area contributed by atoms with E-state index in [4.69, 9.17) is 10.2 Å². The van der Waals surface area contributed by atoms with Gasteiger partial charge < -0.3 is 30.4 Å². The van der Waals surface area contributed by atoms with Crippen LogP contribution in [-0.2, 0) is 20.8 Å². The Kier molecular flexibility index (Phi) is 4.94. The normalized spacial score (nSPS) is 30.0. The summed E-state index contributed by atoms with van der Waals surface area (Å²) in [6, 6.07) is 1.83. The highest BCUT2D eigenvalue weighted by atomic mass is 16.3. The van der Waals surface area contributed by atoms with Crippen molar-refractivity contribution in [3.8, 4) is 0 Å². The number of nitrogens with two attached hydrogens (primary N) is 1. The smallest absolute Gasteiger partial charge is 0.255 e. The molecular formula is C25H28N4O7. The Bertz CT molecular complexity index is 1440. The Morgan fingerprint density at radius 3 is 2.44 bits per heavy atom. The maximum Gasteiger partial charge on any atom is 0.255 e. The van der Waals surface area contributed by atoms with Crippen LogP contribution in [0.25, 0.3) is 16.9 Å². The van der Waals surface area contributed by atoms with Gasteiger partial charge in [0.15, 0.2) is 17.6 Å². The maximum atomic E-state index is 14.0. The average molecular weight is 497 g/mol. The van der Waals surface area contributed by atoms with Crippen molar-refractivity contribution in [1.29, 1.82) is 0 Å². The van der Waals surface area contributed by atoms with E-state index in [2.05, 4.69) is 4.98 Å². The number of hydrogen-bond acceptors (Lipinski definition) is 10. The fourth-order valence-corrected chi connectivity index (χ4v) is 6.24. The number of benzene rings is 1. The molecule has 1 amide bonds. The third kappa shape index (κ3) is 2.69. The number of carbonyl (C=O) groups is 3. The van der Waals surface area contributed by atoms with Crippen molar-refractivity contribution in [3.63, 3.8) is 0 Å². The van der Waals surface area contributed by atoms with Crippen molar-refractivity contribution in [3.05, 3.63) is 40.5 Å². The van der Waals surface area contributed by atoms with E-state index in [1.807, 2.05) is 25.1 Å². The van der Waals surface area contributed by atoms with Crippen LogP contribution in [0, 0.1) is 11.8 Å². The molecule has 1 fully saturated rings. The summed E-state index contributed by atoms with van der Waals surface area (Å²) >= 11 is 0. The fraction of sp³-hybridized carbons (Fsp3) is 0.440. The molecule has 0 aliphatic heterocycles. The number of primary amides is 1. The number of aliphatic hydroxyl groups excluding tert-OH is 2. The quantitative estimate of drug-likeness (QED) is 0.353. The van der Waals surface area contributed by atoms with E-state index in [1.54, 1.807) is 25.9 Å². The number of amides is 1. The van der Waals surface area contributed by atoms with Crippen LogP contribution < -0.4 is 10.6 Å². The van der Waals surface area contributed by atoms with E-state index in [9.17, 15) is 29.7 Å². The van der Waals surface area contributed by atoms with Gasteiger partial charge in [0.2, 0.25) is 11.6 Å². The Hall–Kier alpha value is -3.70. The molecule has 11 heteroatoms. The lowest BCUT2D eigenvalue weighted by Crippen LogP contribution is -2.71. The van der Waals surface area contributed by atoms with Crippen LogP contribution >= 0.6 is 0 Å². The molecule has 0 spiro atoms. The first-order chi connectivity index (χ1) is 16.8. The van der Waals surface area contributed by atoms with Crippen molar-refractivity contribution in [2.24, 2.45) is 17.6 Å². The summed E-state index contributed by atoms with van der Waals surface area (Å²) in [5.74, 6) is -6.22. The largest absolute Gasteiger partial charge is 0.509 e. The predicted molar refractivity (Wildman–Crippen MR) is 129 cm³/mol. The summed E-state index contributed by atoms with van der Waals surface area (Å²) in [4.78, 5) is 47.3. The molecule has 1 unspecified atom stereocenters. The number of hydrogen-bond donors (Lipinski definition) is 4. The van der Waals surface area contributed by atoms with Crippen molar-refractivity contribution in [1.82, 2.24) is 9.88 Å². The molecule has 2 aromatic rings. The topological polar surface area (TPSA) is 170 Å². The minimum Gasteiger partial charge on any atom is -0.509 e. The number of carbonyl (C=O) groups excluding carboxylic acids is 3. The third-order valence-electron chi connectivity index (χ3n) is 8.30. The van der Waals surface area contributed by atoms with Gasteiger partial charge in [-0.1, -0.05) is 0 Å². The van der Waals surface area contributed by atoms with Crippen LogP contribution in [0.15, 0.2) is 33.8 Å². The highest BCUT2D eigenvalue weighted by molar-refractivity contribution is 6.33. The molecule has 36 heavy (non-hydrogen) atoms. The third-order valence-corrected chi connectivity index (χ3v) is 8.30. The molecule has 1 aromatic carbocycles. The number of nitrogens with zero attached hydrogens (tertiary/aromatic N) is 3. The lowest BCUT2D eigenvalue weighted by molar-refractivity contribution is -0.168. The summed E-state index contributed by atoms with van der Waals surface area (Å²) in [5, 5.41) is 34.3. The highest BCUT2D eigenvalue weighted by Crippen LogP contribution is 2.55. The monoisotopic (exact) mass is 496 g/mol. The van der Waals surface area contributed by atoms with Gasteiger partial charge in [-0.25, -0.2) is 4.98 Å². The summed E-state index contributed by atoms with van der Waals surface area (Å²) in [5.41, 5.74) is 2.84. The second-order valence-electron chi connectivity index (χ2n) is 10.4. The molecular weight excluding hydrogens is 468 g/mol. The molecule has 190 valence electrons. The number of oxazole rings is 1. The van der Waals surface area contributed by atoms with E-state index in [1.165, 1.54) is 6.39 Å². The number of aromatic nitrogens is 1. The molecule has 0 bridgehead atoms. The second-order valence-corrected chi connectivity index (χ2v) is 10.4. The predicted octanol–water partition coefficient (Wildman–Crippen LogP) is 0.856. The molecule has 3 aliphatic rings. The molecule has 0 saturated heterocycles. The SMILES string of the molecule is CN(C)c1cc2ncoc2c2c1C[C@H]1C[C@H]3C(C)(N(C)C)C(O)=C(C(N)=O)C(=O)[C@@]3(O)C(=O)C1=C2O.